The zero-order valence-corrected chi connectivity index (χ0v) is 13.2. The molecule has 1 N–H and O–H groups in total. The summed E-state index contributed by atoms with van der Waals surface area (Å²) in [5, 5.41) is 3.56. The van der Waals surface area contributed by atoms with Crippen molar-refractivity contribution in [2.24, 2.45) is 5.92 Å². The number of hydrogen-bond acceptors (Lipinski definition) is 2. The third-order valence-corrected chi connectivity index (χ3v) is 5.24. The maximum Gasteiger partial charge on any atom is 0.230 e. The average Bonchev–Trinajstić information content (AvgIpc) is 2.93. The number of rotatable bonds is 4. The van der Waals surface area contributed by atoms with Gasteiger partial charge in [0.1, 0.15) is 0 Å². The Morgan fingerprint density at radius 3 is 2.57 bits per heavy atom. The van der Waals surface area contributed by atoms with Crippen LogP contribution in [-0.2, 0) is 4.79 Å². The Hall–Kier alpha value is -1.06. The number of hydrogen-bond donors (Lipinski definition) is 1. The molecule has 2 saturated carbocycles. The predicted molar refractivity (Wildman–Crippen MR) is 86.8 cm³/mol. The minimum absolute atomic E-state index is 0.103. The second-order valence-corrected chi connectivity index (χ2v) is 6.82. The van der Waals surface area contributed by atoms with Gasteiger partial charge >= 0.3 is 0 Å². The minimum Gasteiger partial charge on any atom is -0.315 e. The first kappa shape index (κ1) is 14.9. The third kappa shape index (κ3) is 2.95. The van der Waals surface area contributed by atoms with Gasteiger partial charge in [-0.15, -0.1) is 11.6 Å². The van der Waals surface area contributed by atoms with Crippen LogP contribution in [0.5, 0.6) is 0 Å². The molecule has 2 unspecified atom stereocenters. The monoisotopic (exact) mass is 306 g/mol. The van der Waals surface area contributed by atoms with E-state index in [0.29, 0.717) is 6.04 Å². The lowest BCUT2D eigenvalue weighted by Crippen LogP contribution is -2.52. The first-order chi connectivity index (χ1) is 10.2. The molecule has 21 heavy (non-hydrogen) atoms. The van der Waals surface area contributed by atoms with Crippen LogP contribution in [0.3, 0.4) is 0 Å². The number of benzene rings is 1. The molecule has 1 aromatic carbocycles. The molecule has 0 heterocycles. The number of anilines is 1. The van der Waals surface area contributed by atoms with Crippen LogP contribution in [0.2, 0.25) is 0 Å². The van der Waals surface area contributed by atoms with Gasteiger partial charge in [0.05, 0.1) is 6.04 Å². The van der Waals surface area contributed by atoms with Gasteiger partial charge < -0.3 is 10.2 Å². The number of nitrogens with one attached hydrogen (secondary N) is 1. The van der Waals surface area contributed by atoms with E-state index in [4.69, 9.17) is 11.6 Å². The van der Waals surface area contributed by atoms with Crippen molar-refractivity contribution >= 4 is 23.2 Å². The van der Waals surface area contributed by atoms with Crippen LogP contribution < -0.4 is 10.2 Å². The highest BCUT2D eigenvalue weighted by Gasteiger charge is 2.41. The fraction of sp³-hybridized carbons (Fsp3) is 0.588. The zero-order chi connectivity index (χ0) is 14.8. The van der Waals surface area contributed by atoms with E-state index >= 15 is 0 Å². The van der Waals surface area contributed by atoms with Crippen LogP contribution in [0.25, 0.3) is 0 Å². The van der Waals surface area contributed by atoms with E-state index in [1.54, 1.807) is 0 Å². The molecule has 2 atom stereocenters. The van der Waals surface area contributed by atoms with E-state index < -0.39 is 0 Å². The van der Waals surface area contributed by atoms with Gasteiger partial charge in [0.25, 0.3) is 0 Å². The van der Waals surface area contributed by atoms with E-state index in [2.05, 4.69) is 5.32 Å². The Labute approximate surface area is 131 Å². The predicted octanol–water partition coefficient (Wildman–Crippen LogP) is 3.18. The standard InChI is InChI=1S/C17H23ClN2O/c1-19-15-8-5-9-16(15)20(14-6-3-2-4-7-14)17(21)12-10-13(18)11-12/h2-4,6-7,12-13,15-16,19H,5,8-11H2,1H3. The summed E-state index contributed by atoms with van der Waals surface area (Å²) in [5.41, 5.74) is 1.02. The second kappa shape index (κ2) is 6.37. The van der Waals surface area contributed by atoms with Crippen molar-refractivity contribution in [3.05, 3.63) is 30.3 Å². The summed E-state index contributed by atoms with van der Waals surface area (Å²) in [6.45, 7) is 0. The number of amides is 1. The van der Waals surface area contributed by atoms with Gasteiger partial charge in [-0.2, -0.15) is 0 Å². The maximum absolute atomic E-state index is 13.0. The number of para-hydroxylation sites is 1. The van der Waals surface area contributed by atoms with Crippen LogP contribution in [-0.4, -0.2) is 30.4 Å². The number of carbonyl (C=O) groups is 1. The lowest BCUT2D eigenvalue weighted by Gasteiger charge is -2.39. The number of carbonyl (C=O) groups excluding carboxylic acids is 1. The molecule has 2 fully saturated rings. The molecule has 0 bridgehead atoms. The molecule has 3 rings (SSSR count). The molecule has 2 aliphatic rings. The summed E-state index contributed by atoms with van der Waals surface area (Å²) in [5.74, 6) is 0.357. The summed E-state index contributed by atoms with van der Waals surface area (Å²) in [6.07, 6.45) is 5.03. The highest BCUT2D eigenvalue weighted by Crippen LogP contribution is 2.37. The summed E-state index contributed by atoms with van der Waals surface area (Å²) >= 11 is 6.07. The van der Waals surface area contributed by atoms with E-state index in [9.17, 15) is 4.79 Å². The largest absolute Gasteiger partial charge is 0.315 e. The Morgan fingerprint density at radius 1 is 1.24 bits per heavy atom. The SMILES string of the molecule is CNC1CCCC1N(C(=O)C1CC(Cl)C1)c1ccccc1. The molecule has 0 radical (unpaired) electrons. The quantitative estimate of drug-likeness (QED) is 0.867. The molecule has 1 amide bonds. The molecule has 0 aliphatic heterocycles. The van der Waals surface area contributed by atoms with Gasteiger partial charge in [0.15, 0.2) is 0 Å². The van der Waals surface area contributed by atoms with Crippen molar-refractivity contribution in [1.82, 2.24) is 5.32 Å². The molecule has 114 valence electrons. The number of nitrogens with zero attached hydrogens (tertiary/aromatic N) is 1. The smallest absolute Gasteiger partial charge is 0.230 e. The van der Waals surface area contributed by atoms with E-state index in [0.717, 1.165) is 31.4 Å². The molecular weight excluding hydrogens is 284 g/mol. The summed E-state index contributed by atoms with van der Waals surface area (Å²) < 4.78 is 0. The number of likely N-dealkylation sites (N-methyl/N-ethyl adjacent to an activating group) is 1. The van der Waals surface area contributed by atoms with Gasteiger partial charge in [-0.1, -0.05) is 18.2 Å². The normalized spacial score (nSPS) is 31.7. The van der Waals surface area contributed by atoms with Crippen molar-refractivity contribution in [1.29, 1.82) is 0 Å². The lowest BCUT2D eigenvalue weighted by atomic mass is 9.83. The highest BCUT2D eigenvalue weighted by atomic mass is 35.5. The molecular formula is C17H23ClN2O. The molecule has 1 aromatic rings. The fourth-order valence-corrected chi connectivity index (χ4v) is 4.03. The van der Waals surface area contributed by atoms with Gasteiger partial charge in [0, 0.05) is 23.0 Å². The topological polar surface area (TPSA) is 32.3 Å². The second-order valence-electron chi connectivity index (χ2n) is 6.20. The van der Waals surface area contributed by atoms with Crippen LogP contribution in [0.1, 0.15) is 32.1 Å². The van der Waals surface area contributed by atoms with E-state index in [-0.39, 0.29) is 23.2 Å². The Bertz CT molecular complexity index is 487. The lowest BCUT2D eigenvalue weighted by molar-refractivity contribution is -0.125. The first-order valence-electron chi connectivity index (χ1n) is 7.90. The van der Waals surface area contributed by atoms with Crippen LogP contribution >= 0.6 is 11.6 Å². The summed E-state index contributed by atoms with van der Waals surface area (Å²) in [7, 11) is 1.99. The minimum atomic E-state index is 0.103. The van der Waals surface area contributed by atoms with Crippen molar-refractivity contribution in [2.75, 3.05) is 11.9 Å². The molecule has 0 spiro atoms. The molecule has 0 saturated heterocycles. The van der Waals surface area contributed by atoms with Crippen molar-refractivity contribution in [3.63, 3.8) is 0 Å². The Balaban J connectivity index is 1.86. The Morgan fingerprint density at radius 2 is 1.95 bits per heavy atom. The molecule has 4 heteroatoms. The van der Waals surface area contributed by atoms with Gasteiger partial charge in [-0.25, -0.2) is 0 Å². The molecule has 3 nitrogen and oxygen atoms in total. The Kier molecular flexibility index (Phi) is 4.51. The maximum atomic E-state index is 13.0. The zero-order valence-electron chi connectivity index (χ0n) is 12.5. The van der Waals surface area contributed by atoms with Gasteiger partial charge in [0.2, 0.25) is 5.91 Å². The van der Waals surface area contributed by atoms with Crippen molar-refractivity contribution in [3.8, 4) is 0 Å². The van der Waals surface area contributed by atoms with E-state index in [1.165, 1.54) is 6.42 Å². The van der Waals surface area contributed by atoms with Gasteiger partial charge in [-0.05, 0) is 51.3 Å². The van der Waals surface area contributed by atoms with E-state index in [1.807, 2.05) is 42.3 Å². The van der Waals surface area contributed by atoms with Gasteiger partial charge in [-0.3, -0.25) is 4.79 Å². The van der Waals surface area contributed by atoms with Crippen molar-refractivity contribution < 1.29 is 4.79 Å². The summed E-state index contributed by atoms with van der Waals surface area (Å²) in [4.78, 5) is 15.0. The van der Waals surface area contributed by atoms with Crippen LogP contribution in [0.4, 0.5) is 5.69 Å². The molecule has 0 aromatic heterocycles. The number of halogens is 1. The average molecular weight is 307 g/mol. The highest BCUT2D eigenvalue weighted by molar-refractivity contribution is 6.21. The van der Waals surface area contributed by atoms with Crippen LogP contribution in [0, 0.1) is 5.92 Å². The van der Waals surface area contributed by atoms with Crippen molar-refractivity contribution in [2.45, 2.75) is 49.6 Å². The fourth-order valence-electron chi connectivity index (χ4n) is 3.60. The molecule has 2 aliphatic carbocycles. The number of alkyl halides is 1. The summed E-state index contributed by atoms with van der Waals surface area (Å²) in [6, 6.07) is 10.7. The third-order valence-electron chi connectivity index (χ3n) is 4.88. The first-order valence-corrected chi connectivity index (χ1v) is 8.34. The van der Waals surface area contributed by atoms with Crippen LogP contribution in [0.15, 0.2) is 30.3 Å².